The third-order valence-electron chi connectivity index (χ3n) is 3.97. The van der Waals surface area contributed by atoms with Crippen molar-refractivity contribution in [3.8, 4) is 0 Å². The Hall–Kier alpha value is -3.47. The van der Waals surface area contributed by atoms with E-state index in [4.69, 9.17) is 9.15 Å². The first-order valence-corrected chi connectivity index (χ1v) is 7.74. The molecule has 0 spiro atoms. The second-order valence-corrected chi connectivity index (χ2v) is 5.57. The van der Waals surface area contributed by atoms with Crippen LogP contribution in [0.3, 0.4) is 0 Å². The molecule has 0 saturated carbocycles. The maximum absolute atomic E-state index is 12.1. The van der Waals surface area contributed by atoms with Crippen LogP contribution in [0.15, 0.2) is 76.2 Å². The van der Waals surface area contributed by atoms with Crippen molar-refractivity contribution in [2.45, 2.75) is 6.61 Å². The molecule has 2 aromatic heterocycles. The Kier molecular flexibility index (Phi) is 3.74. The largest absolute Gasteiger partial charge is 0.457 e. The monoisotopic (exact) mass is 331 g/mol. The van der Waals surface area contributed by atoms with Crippen molar-refractivity contribution in [2.75, 3.05) is 0 Å². The molecule has 122 valence electrons. The highest BCUT2D eigenvalue weighted by Gasteiger charge is 2.13. The van der Waals surface area contributed by atoms with Crippen LogP contribution in [0.5, 0.6) is 0 Å². The van der Waals surface area contributed by atoms with Crippen LogP contribution >= 0.6 is 0 Å². The lowest BCUT2D eigenvalue weighted by Gasteiger charge is -2.09. The molecule has 4 aromatic rings. The van der Waals surface area contributed by atoms with E-state index in [-0.39, 0.29) is 6.61 Å². The molecular formula is C20H13NO4. The number of carbonyl (C=O) groups excluding carboxylic acids is 1. The van der Waals surface area contributed by atoms with Crippen LogP contribution in [0.1, 0.15) is 15.9 Å². The first-order chi connectivity index (χ1) is 12.2. The number of aromatic nitrogens is 1. The van der Waals surface area contributed by atoms with Gasteiger partial charge in [0.05, 0.1) is 5.56 Å². The lowest BCUT2D eigenvalue weighted by molar-refractivity contribution is 0.0473. The van der Waals surface area contributed by atoms with Gasteiger partial charge < -0.3 is 9.15 Å². The number of esters is 1. The summed E-state index contributed by atoms with van der Waals surface area (Å²) in [7, 11) is 0. The molecule has 0 N–H and O–H groups in total. The molecule has 0 aliphatic heterocycles. The van der Waals surface area contributed by atoms with Gasteiger partial charge in [-0.25, -0.2) is 9.59 Å². The van der Waals surface area contributed by atoms with E-state index in [2.05, 4.69) is 4.98 Å². The van der Waals surface area contributed by atoms with Crippen LogP contribution in [0, 0.1) is 0 Å². The highest BCUT2D eigenvalue weighted by Crippen LogP contribution is 2.27. The molecule has 0 aliphatic rings. The molecule has 4 rings (SSSR count). The number of ether oxygens (including phenoxy) is 1. The highest BCUT2D eigenvalue weighted by molar-refractivity contribution is 6.07. The highest BCUT2D eigenvalue weighted by atomic mass is 16.5. The van der Waals surface area contributed by atoms with E-state index < -0.39 is 11.6 Å². The molecule has 0 atom stereocenters. The average molecular weight is 331 g/mol. The maximum atomic E-state index is 12.1. The van der Waals surface area contributed by atoms with Crippen molar-refractivity contribution in [1.29, 1.82) is 0 Å². The third kappa shape index (κ3) is 2.87. The zero-order valence-electron chi connectivity index (χ0n) is 13.1. The van der Waals surface area contributed by atoms with Crippen molar-refractivity contribution < 1.29 is 13.9 Å². The molecule has 0 fully saturated rings. The van der Waals surface area contributed by atoms with Crippen molar-refractivity contribution in [1.82, 2.24) is 4.98 Å². The van der Waals surface area contributed by atoms with Crippen LogP contribution in [-0.4, -0.2) is 11.0 Å². The molecule has 0 unspecified atom stereocenters. The van der Waals surface area contributed by atoms with E-state index in [0.717, 1.165) is 16.2 Å². The SMILES string of the molecule is O=C(OCc1cc(=O)oc2ccc3ccccc3c12)c1cccnc1. The third-order valence-corrected chi connectivity index (χ3v) is 3.97. The van der Waals surface area contributed by atoms with Crippen LogP contribution in [0.2, 0.25) is 0 Å². The van der Waals surface area contributed by atoms with E-state index >= 15 is 0 Å². The summed E-state index contributed by atoms with van der Waals surface area (Å²) in [6.07, 6.45) is 3.02. The van der Waals surface area contributed by atoms with E-state index in [1.807, 2.05) is 30.3 Å². The van der Waals surface area contributed by atoms with Crippen LogP contribution in [0.25, 0.3) is 21.7 Å². The van der Waals surface area contributed by atoms with Gasteiger partial charge in [0.2, 0.25) is 0 Å². The summed E-state index contributed by atoms with van der Waals surface area (Å²) in [5, 5.41) is 2.73. The summed E-state index contributed by atoms with van der Waals surface area (Å²) in [6.45, 7) is -0.0240. The van der Waals surface area contributed by atoms with Crippen molar-refractivity contribution in [3.05, 3.63) is 88.5 Å². The number of benzene rings is 2. The van der Waals surface area contributed by atoms with Crippen molar-refractivity contribution in [2.24, 2.45) is 0 Å². The van der Waals surface area contributed by atoms with E-state index in [1.165, 1.54) is 12.3 Å². The minimum Gasteiger partial charge on any atom is -0.457 e. The first kappa shape index (κ1) is 15.1. The summed E-state index contributed by atoms with van der Waals surface area (Å²) in [5.74, 6) is -0.491. The summed E-state index contributed by atoms with van der Waals surface area (Å²) < 4.78 is 10.7. The molecule has 0 radical (unpaired) electrons. The molecule has 5 heteroatoms. The van der Waals surface area contributed by atoms with E-state index in [0.29, 0.717) is 16.7 Å². The zero-order chi connectivity index (χ0) is 17.2. The van der Waals surface area contributed by atoms with E-state index in [9.17, 15) is 9.59 Å². The van der Waals surface area contributed by atoms with Gasteiger partial charge in [-0.15, -0.1) is 0 Å². The molecule has 2 heterocycles. The van der Waals surface area contributed by atoms with Gasteiger partial charge in [0.15, 0.2) is 0 Å². The van der Waals surface area contributed by atoms with Gasteiger partial charge in [-0.1, -0.05) is 30.3 Å². The van der Waals surface area contributed by atoms with Gasteiger partial charge >= 0.3 is 11.6 Å². The van der Waals surface area contributed by atoms with Crippen molar-refractivity contribution >= 4 is 27.7 Å². The molecule has 25 heavy (non-hydrogen) atoms. The maximum Gasteiger partial charge on any atom is 0.340 e. The number of hydrogen-bond acceptors (Lipinski definition) is 5. The Morgan fingerprint density at radius 1 is 1.08 bits per heavy atom. The lowest BCUT2D eigenvalue weighted by Crippen LogP contribution is -2.08. The lowest BCUT2D eigenvalue weighted by atomic mass is 10.0. The summed E-state index contributed by atoms with van der Waals surface area (Å²) in [4.78, 5) is 27.9. The molecule has 0 bridgehead atoms. The topological polar surface area (TPSA) is 69.4 Å². The second-order valence-electron chi connectivity index (χ2n) is 5.57. The van der Waals surface area contributed by atoms with Gasteiger partial charge in [-0.05, 0) is 29.0 Å². The summed E-state index contributed by atoms with van der Waals surface area (Å²) >= 11 is 0. The Labute approximate surface area is 142 Å². The molecular weight excluding hydrogens is 318 g/mol. The number of pyridine rings is 1. The quantitative estimate of drug-likeness (QED) is 0.325. The van der Waals surface area contributed by atoms with Crippen LogP contribution < -0.4 is 5.63 Å². The van der Waals surface area contributed by atoms with E-state index in [1.54, 1.807) is 24.4 Å². The normalized spacial score (nSPS) is 10.9. The number of hydrogen-bond donors (Lipinski definition) is 0. The standard InChI is InChI=1S/C20H13NO4/c22-18-10-15(12-24-20(23)14-5-3-9-21-11-14)19-16-6-2-1-4-13(16)7-8-17(19)25-18/h1-11H,12H2. The fraction of sp³-hybridized carbons (Fsp3) is 0.0500. The number of rotatable bonds is 3. The first-order valence-electron chi connectivity index (χ1n) is 7.74. The molecule has 0 saturated heterocycles. The predicted octanol–water partition coefficient (Wildman–Crippen LogP) is 3.70. The number of nitrogens with zero attached hydrogens (tertiary/aromatic N) is 1. The summed E-state index contributed by atoms with van der Waals surface area (Å²) in [6, 6.07) is 16.1. The molecule has 2 aromatic carbocycles. The number of fused-ring (bicyclic) bond motifs is 3. The minimum absolute atomic E-state index is 0.0240. The molecule has 0 aliphatic carbocycles. The van der Waals surface area contributed by atoms with Gasteiger partial charge in [0, 0.05) is 29.4 Å². The van der Waals surface area contributed by atoms with Gasteiger partial charge in [0.25, 0.3) is 0 Å². The fourth-order valence-electron chi connectivity index (χ4n) is 2.84. The number of carbonyl (C=O) groups is 1. The zero-order valence-corrected chi connectivity index (χ0v) is 13.1. The Morgan fingerprint density at radius 3 is 2.80 bits per heavy atom. The predicted molar refractivity (Wildman–Crippen MR) is 93.3 cm³/mol. The molecule has 0 amide bonds. The van der Waals surface area contributed by atoms with Crippen LogP contribution in [0.4, 0.5) is 0 Å². The van der Waals surface area contributed by atoms with Gasteiger partial charge in [-0.2, -0.15) is 0 Å². The van der Waals surface area contributed by atoms with Gasteiger partial charge in [-0.3, -0.25) is 4.98 Å². The average Bonchev–Trinajstić information content (AvgIpc) is 2.66. The Morgan fingerprint density at radius 2 is 1.96 bits per heavy atom. The molecule has 5 nitrogen and oxygen atoms in total. The smallest absolute Gasteiger partial charge is 0.340 e. The summed E-state index contributed by atoms with van der Waals surface area (Å²) in [5.41, 5.74) is 0.966. The fourth-order valence-corrected chi connectivity index (χ4v) is 2.84. The van der Waals surface area contributed by atoms with Crippen LogP contribution in [-0.2, 0) is 11.3 Å². The Bertz CT molecular complexity index is 1130. The van der Waals surface area contributed by atoms with Crippen molar-refractivity contribution in [3.63, 3.8) is 0 Å². The van der Waals surface area contributed by atoms with Gasteiger partial charge in [0.1, 0.15) is 12.2 Å². The second kappa shape index (κ2) is 6.20. The Balaban J connectivity index is 1.77. The minimum atomic E-state index is -0.491.